The third-order valence-corrected chi connectivity index (χ3v) is 3.13. The van der Waals surface area contributed by atoms with Gasteiger partial charge in [0.2, 0.25) is 0 Å². The molecule has 3 aromatic rings. The first kappa shape index (κ1) is 12.3. The van der Waals surface area contributed by atoms with E-state index in [1.165, 1.54) is 10.8 Å². The van der Waals surface area contributed by atoms with Gasteiger partial charge in [-0.05, 0) is 16.3 Å². The summed E-state index contributed by atoms with van der Waals surface area (Å²) >= 11 is 0. The molecule has 0 saturated carbocycles. The topological polar surface area (TPSA) is 68.0 Å². The number of fused-ring (bicyclic) bond motifs is 1. The molecule has 3 rings (SSSR count). The van der Waals surface area contributed by atoms with Crippen molar-refractivity contribution in [2.75, 3.05) is 0 Å². The van der Waals surface area contributed by atoms with E-state index in [1.54, 1.807) is 10.9 Å². The molecule has 0 radical (unpaired) electrons. The zero-order valence-electron chi connectivity index (χ0n) is 10.7. The first-order valence-electron chi connectivity index (χ1n) is 6.30. The molecule has 0 aliphatic rings. The maximum atomic E-state index is 10.6. The molecule has 5 nitrogen and oxygen atoms in total. The van der Waals surface area contributed by atoms with Crippen molar-refractivity contribution in [2.24, 2.45) is 0 Å². The molecule has 5 heteroatoms. The quantitative estimate of drug-likeness (QED) is 0.786. The zero-order valence-corrected chi connectivity index (χ0v) is 10.7. The lowest BCUT2D eigenvalue weighted by Crippen LogP contribution is -2.01. The molecule has 0 amide bonds. The molecule has 1 heterocycles. The molecule has 1 aromatic heterocycles. The van der Waals surface area contributed by atoms with Crippen LogP contribution in [0.3, 0.4) is 0 Å². The van der Waals surface area contributed by atoms with Crippen molar-refractivity contribution in [2.45, 2.75) is 13.0 Å². The van der Waals surface area contributed by atoms with Gasteiger partial charge in [-0.3, -0.25) is 4.79 Å². The van der Waals surface area contributed by atoms with E-state index in [0.717, 1.165) is 5.56 Å². The van der Waals surface area contributed by atoms with Crippen molar-refractivity contribution >= 4 is 16.7 Å². The Morgan fingerprint density at radius 2 is 1.95 bits per heavy atom. The van der Waals surface area contributed by atoms with Crippen molar-refractivity contribution in [3.63, 3.8) is 0 Å². The van der Waals surface area contributed by atoms with Crippen LogP contribution >= 0.6 is 0 Å². The smallest absolute Gasteiger partial charge is 0.309 e. The number of rotatable bonds is 4. The molecule has 20 heavy (non-hydrogen) atoms. The van der Waals surface area contributed by atoms with Crippen LogP contribution in [0.2, 0.25) is 0 Å². The third kappa shape index (κ3) is 2.51. The molecule has 1 N–H and O–H groups in total. The van der Waals surface area contributed by atoms with Crippen LogP contribution in [0.5, 0.6) is 0 Å². The van der Waals surface area contributed by atoms with Crippen molar-refractivity contribution in [3.05, 3.63) is 59.9 Å². The Morgan fingerprint density at radius 3 is 2.80 bits per heavy atom. The lowest BCUT2D eigenvalue weighted by molar-refractivity contribution is -0.136. The normalized spacial score (nSPS) is 10.8. The molecule has 0 saturated heterocycles. The van der Waals surface area contributed by atoms with Gasteiger partial charge >= 0.3 is 5.97 Å². The van der Waals surface area contributed by atoms with E-state index >= 15 is 0 Å². The fraction of sp³-hybridized carbons (Fsp3) is 0.133. The van der Waals surface area contributed by atoms with Crippen molar-refractivity contribution < 1.29 is 9.90 Å². The number of aromatic nitrogens is 3. The predicted octanol–water partition coefficient (Wildman–Crippen LogP) is 2.11. The van der Waals surface area contributed by atoms with Gasteiger partial charge in [0, 0.05) is 6.20 Å². The van der Waals surface area contributed by atoms with Crippen LogP contribution in [-0.4, -0.2) is 26.1 Å². The molecule has 100 valence electrons. The average molecular weight is 267 g/mol. The Labute approximate surface area is 115 Å². The highest BCUT2D eigenvalue weighted by atomic mass is 16.4. The average Bonchev–Trinajstić information content (AvgIpc) is 2.86. The highest BCUT2D eigenvalue weighted by Gasteiger charge is 2.07. The maximum Gasteiger partial charge on any atom is 0.309 e. The summed E-state index contributed by atoms with van der Waals surface area (Å²) in [4.78, 5) is 10.6. The summed E-state index contributed by atoms with van der Waals surface area (Å²) in [6, 6.07) is 14.3. The van der Waals surface area contributed by atoms with Gasteiger partial charge in [0.1, 0.15) is 0 Å². The van der Waals surface area contributed by atoms with Crippen LogP contribution in [0.15, 0.2) is 48.7 Å². The summed E-state index contributed by atoms with van der Waals surface area (Å²) in [7, 11) is 0. The number of nitrogens with zero attached hydrogens (tertiary/aromatic N) is 3. The second-order valence-electron chi connectivity index (χ2n) is 4.62. The number of hydrogen-bond acceptors (Lipinski definition) is 3. The van der Waals surface area contributed by atoms with Gasteiger partial charge in [0.15, 0.2) is 0 Å². The van der Waals surface area contributed by atoms with Gasteiger partial charge in [-0.1, -0.05) is 47.7 Å². The van der Waals surface area contributed by atoms with Gasteiger partial charge in [-0.15, -0.1) is 5.10 Å². The molecular formula is C15H13N3O2. The highest BCUT2D eigenvalue weighted by molar-refractivity contribution is 5.85. The van der Waals surface area contributed by atoms with E-state index in [4.69, 9.17) is 5.11 Å². The minimum Gasteiger partial charge on any atom is -0.481 e. The summed E-state index contributed by atoms with van der Waals surface area (Å²) < 4.78 is 1.67. The van der Waals surface area contributed by atoms with Crippen LogP contribution < -0.4 is 0 Å². The monoisotopic (exact) mass is 267 g/mol. The maximum absolute atomic E-state index is 10.6. The number of carboxylic acids is 1. The van der Waals surface area contributed by atoms with Crippen LogP contribution in [0.25, 0.3) is 10.8 Å². The summed E-state index contributed by atoms with van der Waals surface area (Å²) in [6.07, 6.45) is 1.57. The highest BCUT2D eigenvalue weighted by Crippen LogP contribution is 2.19. The van der Waals surface area contributed by atoms with E-state index in [1.807, 2.05) is 24.3 Å². The lowest BCUT2D eigenvalue weighted by Gasteiger charge is -2.05. The summed E-state index contributed by atoms with van der Waals surface area (Å²) in [5.74, 6) is -0.901. The number of aliphatic carboxylic acids is 1. The molecule has 0 spiro atoms. The molecule has 0 unspecified atom stereocenters. The molecule has 0 atom stereocenters. The SMILES string of the molecule is O=C(O)Cc1cn(Cc2cccc3ccccc23)nn1. The van der Waals surface area contributed by atoms with Gasteiger partial charge < -0.3 is 5.11 Å². The number of benzene rings is 2. The van der Waals surface area contributed by atoms with E-state index in [9.17, 15) is 4.79 Å². The van der Waals surface area contributed by atoms with Gasteiger partial charge in [-0.2, -0.15) is 0 Å². The molecular weight excluding hydrogens is 254 g/mol. The summed E-state index contributed by atoms with van der Waals surface area (Å²) in [6.45, 7) is 0.577. The Bertz CT molecular complexity index is 759. The minimum atomic E-state index is -0.901. The van der Waals surface area contributed by atoms with Gasteiger partial charge in [0.25, 0.3) is 0 Å². The Balaban J connectivity index is 1.89. The predicted molar refractivity (Wildman–Crippen MR) is 74.4 cm³/mol. The standard InChI is InChI=1S/C15H13N3O2/c19-15(20)8-13-10-18(17-16-13)9-12-6-3-5-11-4-1-2-7-14(11)12/h1-7,10H,8-9H2,(H,19,20). The minimum absolute atomic E-state index is 0.102. The van der Waals surface area contributed by atoms with Crippen molar-refractivity contribution in [1.82, 2.24) is 15.0 Å². The van der Waals surface area contributed by atoms with Gasteiger partial charge in [-0.25, -0.2) is 4.68 Å². The Hall–Kier alpha value is -2.69. The molecule has 2 aromatic carbocycles. The van der Waals surface area contributed by atoms with Crippen molar-refractivity contribution in [1.29, 1.82) is 0 Å². The summed E-state index contributed by atoms with van der Waals surface area (Å²) in [5, 5.41) is 18.9. The fourth-order valence-corrected chi connectivity index (χ4v) is 2.26. The largest absolute Gasteiger partial charge is 0.481 e. The van der Waals surface area contributed by atoms with Crippen molar-refractivity contribution in [3.8, 4) is 0 Å². The molecule has 0 aliphatic heterocycles. The Kier molecular flexibility index (Phi) is 3.16. The first-order valence-corrected chi connectivity index (χ1v) is 6.30. The second kappa shape index (κ2) is 5.13. The Morgan fingerprint density at radius 1 is 1.15 bits per heavy atom. The van der Waals surface area contributed by atoms with Crippen LogP contribution in [-0.2, 0) is 17.8 Å². The molecule has 0 aliphatic carbocycles. The molecule has 0 fully saturated rings. The van der Waals surface area contributed by atoms with Gasteiger partial charge in [0.05, 0.1) is 18.7 Å². The van der Waals surface area contributed by atoms with E-state index in [0.29, 0.717) is 12.2 Å². The molecule has 0 bridgehead atoms. The van der Waals surface area contributed by atoms with Crippen LogP contribution in [0, 0.1) is 0 Å². The van der Waals surface area contributed by atoms with E-state index in [-0.39, 0.29) is 6.42 Å². The number of hydrogen-bond donors (Lipinski definition) is 1. The summed E-state index contributed by atoms with van der Waals surface area (Å²) in [5.41, 5.74) is 1.60. The zero-order chi connectivity index (χ0) is 13.9. The number of carboxylic acid groups (broad SMARTS) is 1. The lowest BCUT2D eigenvalue weighted by atomic mass is 10.0. The van der Waals surface area contributed by atoms with Crippen LogP contribution in [0.1, 0.15) is 11.3 Å². The van der Waals surface area contributed by atoms with Crippen LogP contribution in [0.4, 0.5) is 0 Å². The van der Waals surface area contributed by atoms with E-state index < -0.39 is 5.97 Å². The third-order valence-electron chi connectivity index (χ3n) is 3.13. The fourth-order valence-electron chi connectivity index (χ4n) is 2.26. The van der Waals surface area contributed by atoms with E-state index in [2.05, 4.69) is 28.5 Å². The second-order valence-corrected chi connectivity index (χ2v) is 4.62. The number of carbonyl (C=O) groups is 1. The first-order chi connectivity index (χ1) is 9.72.